The Balaban J connectivity index is 1.59. The summed E-state index contributed by atoms with van der Waals surface area (Å²) in [6.07, 6.45) is 1.01. The van der Waals surface area contributed by atoms with Crippen LogP contribution in [0.25, 0.3) is 22.4 Å². The molecule has 4 rings (SSSR count). The molecule has 0 unspecified atom stereocenters. The number of aryl methyl sites for hydroxylation is 1. The number of hydrogen-bond donors (Lipinski definition) is 0. The Morgan fingerprint density at radius 2 is 1.53 bits per heavy atom. The Bertz CT molecular complexity index is 1200. The van der Waals surface area contributed by atoms with E-state index in [1.54, 1.807) is 11.8 Å². The standard InChI is InChI=1S/C28H24N2OS/c1-2-21-13-15-24(16-14-21)31-17-18-32-28-26(20-29)25(22-9-5-3-6-10-22)19-27(30-28)23-11-7-4-8-12-23/h3-16,19H,2,17-18H2,1H3. The second-order valence-electron chi connectivity index (χ2n) is 7.27. The average Bonchev–Trinajstić information content (AvgIpc) is 2.87. The number of hydrogen-bond acceptors (Lipinski definition) is 4. The number of nitrogens with zero attached hydrogens (tertiary/aromatic N) is 2. The predicted molar refractivity (Wildman–Crippen MR) is 132 cm³/mol. The van der Waals surface area contributed by atoms with Crippen molar-refractivity contribution in [2.24, 2.45) is 0 Å². The fourth-order valence-corrected chi connectivity index (χ4v) is 4.28. The lowest BCUT2D eigenvalue weighted by atomic mass is 9.99. The molecule has 0 bridgehead atoms. The summed E-state index contributed by atoms with van der Waals surface area (Å²) in [5, 5.41) is 10.7. The van der Waals surface area contributed by atoms with Gasteiger partial charge in [0.05, 0.1) is 17.9 Å². The minimum Gasteiger partial charge on any atom is -0.493 e. The number of pyridine rings is 1. The second-order valence-corrected chi connectivity index (χ2v) is 8.36. The summed E-state index contributed by atoms with van der Waals surface area (Å²) < 4.78 is 5.90. The molecule has 4 aromatic rings. The van der Waals surface area contributed by atoms with Crippen molar-refractivity contribution in [1.29, 1.82) is 5.26 Å². The zero-order chi connectivity index (χ0) is 22.2. The Labute approximate surface area is 193 Å². The van der Waals surface area contributed by atoms with Gasteiger partial charge in [-0.15, -0.1) is 11.8 Å². The molecule has 0 aliphatic heterocycles. The molecular formula is C28H24N2OS. The van der Waals surface area contributed by atoms with Gasteiger partial charge in [-0.2, -0.15) is 5.26 Å². The van der Waals surface area contributed by atoms with Crippen molar-refractivity contribution in [2.75, 3.05) is 12.4 Å². The van der Waals surface area contributed by atoms with Crippen molar-refractivity contribution in [3.63, 3.8) is 0 Å². The number of thioether (sulfide) groups is 1. The minimum atomic E-state index is 0.541. The number of aromatic nitrogens is 1. The molecule has 1 aromatic heterocycles. The molecule has 32 heavy (non-hydrogen) atoms. The molecule has 0 radical (unpaired) electrons. The number of benzene rings is 3. The first-order valence-electron chi connectivity index (χ1n) is 10.7. The fraction of sp³-hybridized carbons (Fsp3) is 0.143. The maximum Gasteiger partial charge on any atom is 0.119 e. The van der Waals surface area contributed by atoms with E-state index >= 15 is 0 Å². The molecule has 4 heteroatoms. The molecule has 158 valence electrons. The zero-order valence-electron chi connectivity index (χ0n) is 18.0. The maximum atomic E-state index is 9.97. The molecule has 0 aliphatic rings. The molecule has 3 aromatic carbocycles. The number of rotatable bonds is 8. The predicted octanol–water partition coefficient (Wildman–Crippen LogP) is 7.02. The van der Waals surface area contributed by atoms with E-state index in [1.165, 1.54) is 5.56 Å². The normalized spacial score (nSPS) is 10.5. The smallest absolute Gasteiger partial charge is 0.119 e. The van der Waals surface area contributed by atoms with Crippen LogP contribution in [0.5, 0.6) is 5.75 Å². The Morgan fingerprint density at radius 3 is 2.16 bits per heavy atom. The summed E-state index contributed by atoms with van der Waals surface area (Å²) in [6.45, 7) is 2.68. The van der Waals surface area contributed by atoms with Crippen molar-refractivity contribution in [1.82, 2.24) is 4.98 Å². The summed E-state index contributed by atoms with van der Waals surface area (Å²) in [5.41, 5.74) is 5.71. The third kappa shape index (κ3) is 5.19. The average molecular weight is 437 g/mol. The highest BCUT2D eigenvalue weighted by Gasteiger charge is 2.15. The fourth-order valence-electron chi connectivity index (χ4n) is 3.46. The van der Waals surface area contributed by atoms with Gasteiger partial charge in [0.2, 0.25) is 0 Å². The van der Waals surface area contributed by atoms with Gasteiger partial charge in [0.15, 0.2) is 0 Å². The van der Waals surface area contributed by atoms with Crippen molar-refractivity contribution in [2.45, 2.75) is 18.4 Å². The zero-order valence-corrected chi connectivity index (χ0v) is 18.8. The van der Waals surface area contributed by atoms with E-state index in [0.29, 0.717) is 17.9 Å². The van der Waals surface area contributed by atoms with Crippen LogP contribution < -0.4 is 4.74 Å². The first-order valence-corrected chi connectivity index (χ1v) is 11.7. The molecule has 0 N–H and O–H groups in total. The minimum absolute atomic E-state index is 0.541. The quantitative estimate of drug-likeness (QED) is 0.220. The van der Waals surface area contributed by atoms with E-state index in [2.05, 4.69) is 25.1 Å². The van der Waals surface area contributed by atoms with Crippen LogP contribution >= 0.6 is 11.8 Å². The van der Waals surface area contributed by atoms with Crippen molar-refractivity contribution in [3.8, 4) is 34.2 Å². The summed E-state index contributed by atoms with van der Waals surface area (Å²) in [4.78, 5) is 4.85. The number of nitriles is 1. The Kier molecular flexibility index (Phi) is 7.22. The van der Waals surface area contributed by atoms with Crippen LogP contribution in [0, 0.1) is 11.3 Å². The topological polar surface area (TPSA) is 45.9 Å². The van der Waals surface area contributed by atoms with Crippen LogP contribution in [0.4, 0.5) is 0 Å². The van der Waals surface area contributed by atoms with Gasteiger partial charge in [-0.25, -0.2) is 4.98 Å². The third-order valence-corrected chi connectivity index (χ3v) is 6.11. The molecule has 0 fully saturated rings. The molecule has 1 heterocycles. The molecule has 0 saturated heterocycles. The van der Waals surface area contributed by atoms with Crippen LogP contribution in [0.2, 0.25) is 0 Å². The second kappa shape index (κ2) is 10.7. The first kappa shape index (κ1) is 21.7. The van der Waals surface area contributed by atoms with Crippen molar-refractivity contribution >= 4 is 11.8 Å². The van der Waals surface area contributed by atoms with Gasteiger partial charge in [-0.3, -0.25) is 0 Å². The van der Waals surface area contributed by atoms with E-state index in [-0.39, 0.29) is 0 Å². The van der Waals surface area contributed by atoms with E-state index in [0.717, 1.165) is 39.6 Å². The SMILES string of the molecule is CCc1ccc(OCCSc2nc(-c3ccccc3)cc(-c3ccccc3)c2C#N)cc1. The van der Waals surface area contributed by atoms with Crippen LogP contribution in [0.3, 0.4) is 0 Å². The highest BCUT2D eigenvalue weighted by atomic mass is 32.2. The van der Waals surface area contributed by atoms with E-state index in [4.69, 9.17) is 9.72 Å². The molecule has 0 amide bonds. The van der Waals surface area contributed by atoms with Gasteiger partial charge < -0.3 is 4.74 Å². The van der Waals surface area contributed by atoms with Gasteiger partial charge in [0, 0.05) is 16.9 Å². The van der Waals surface area contributed by atoms with Gasteiger partial charge in [-0.1, -0.05) is 79.7 Å². The van der Waals surface area contributed by atoms with E-state index < -0.39 is 0 Å². The number of ether oxygens (including phenoxy) is 1. The summed E-state index contributed by atoms with van der Waals surface area (Å²) in [6, 6.07) is 32.7. The van der Waals surface area contributed by atoms with Crippen LogP contribution in [0.15, 0.2) is 96.0 Å². The van der Waals surface area contributed by atoms with Crippen LogP contribution in [-0.4, -0.2) is 17.3 Å². The highest BCUT2D eigenvalue weighted by molar-refractivity contribution is 7.99. The van der Waals surface area contributed by atoms with Crippen molar-refractivity contribution < 1.29 is 4.74 Å². The van der Waals surface area contributed by atoms with Gasteiger partial charge in [0.25, 0.3) is 0 Å². The van der Waals surface area contributed by atoms with Gasteiger partial charge in [0.1, 0.15) is 16.8 Å². The van der Waals surface area contributed by atoms with E-state index in [9.17, 15) is 5.26 Å². The van der Waals surface area contributed by atoms with E-state index in [1.807, 2.05) is 78.9 Å². The summed E-state index contributed by atoms with van der Waals surface area (Å²) in [7, 11) is 0. The summed E-state index contributed by atoms with van der Waals surface area (Å²) >= 11 is 1.56. The lowest BCUT2D eigenvalue weighted by Crippen LogP contribution is -2.02. The molecule has 0 saturated carbocycles. The molecule has 0 atom stereocenters. The summed E-state index contributed by atoms with van der Waals surface area (Å²) in [5.74, 6) is 1.56. The molecule has 0 aliphatic carbocycles. The Hall–Kier alpha value is -3.55. The molecular weight excluding hydrogens is 412 g/mol. The molecule has 3 nitrogen and oxygen atoms in total. The third-order valence-electron chi connectivity index (χ3n) is 5.17. The van der Waals surface area contributed by atoms with Gasteiger partial charge >= 0.3 is 0 Å². The van der Waals surface area contributed by atoms with Crippen LogP contribution in [0.1, 0.15) is 18.1 Å². The maximum absolute atomic E-state index is 9.97. The lowest BCUT2D eigenvalue weighted by molar-refractivity contribution is 0.344. The highest BCUT2D eigenvalue weighted by Crippen LogP contribution is 2.34. The van der Waals surface area contributed by atoms with Gasteiger partial charge in [-0.05, 0) is 35.7 Å². The van der Waals surface area contributed by atoms with Crippen molar-refractivity contribution in [3.05, 3.63) is 102 Å². The van der Waals surface area contributed by atoms with Crippen LogP contribution in [-0.2, 0) is 6.42 Å². The molecule has 0 spiro atoms. The first-order chi connectivity index (χ1) is 15.8. The Morgan fingerprint density at radius 1 is 0.875 bits per heavy atom. The monoisotopic (exact) mass is 436 g/mol. The largest absolute Gasteiger partial charge is 0.493 e. The lowest BCUT2D eigenvalue weighted by Gasteiger charge is -2.13.